The van der Waals surface area contributed by atoms with Crippen LogP contribution in [0.25, 0.3) is 0 Å². The van der Waals surface area contributed by atoms with Crippen LogP contribution in [0.4, 0.5) is 34.5 Å². The van der Waals surface area contributed by atoms with Crippen molar-refractivity contribution in [2.45, 2.75) is 70.4 Å². The molecule has 1 unspecified atom stereocenters. The number of imide groups is 2. The molecule has 6 heterocycles. The van der Waals surface area contributed by atoms with E-state index in [4.69, 9.17) is 9.72 Å². The number of sulfonamides is 1. The maximum absolute atomic E-state index is 13.4. The molecule has 1 aromatic heterocycles. The highest BCUT2D eigenvalue weighted by Gasteiger charge is 2.46. The number of nitrogens with zero attached hydrogens (tertiary/aromatic N) is 6. The Morgan fingerprint density at radius 2 is 1.71 bits per heavy atom. The van der Waals surface area contributed by atoms with Crippen LogP contribution in [0.2, 0.25) is 0 Å². The first-order valence-corrected chi connectivity index (χ1v) is 25.3. The number of benzene rings is 2. The van der Waals surface area contributed by atoms with Crippen LogP contribution < -0.4 is 40.5 Å². The largest absolute Gasteiger partial charge is 0.494 e. The summed E-state index contributed by atoms with van der Waals surface area (Å²) in [5.74, 6) is 0.169. The van der Waals surface area contributed by atoms with Crippen molar-refractivity contribution < 1.29 is 32.3 Å². The number of nitrogens with one attached hydrogen (secondary N) is 5. The third kappa shape index (κ3) is 9.37. The van der Waals surface area contributed by atoms with Gasteiger partial charge in [-0.25, -0.2) is 13.4 Å². The van der Waals surface area contributed by atoms with Gasteiger partial charge in [-0.15, -0.1) is 0 Å². The van der Waals surface area contributed by atoms with Gasteiger partial charge in [-0.3, -0.25) is 33.7 Å². The fraction of sp³-hybridized carbons (Fsp3) is 0.478. The first-order chi connectivity index (χ1) is 31.7. The van der Waals surface area contributed by atoms with Gasteiger partial charge in [0.05, 0.1) is 40.5 Å². The Labute approximate surface area is 393 Å². The average molecular weight is 987 g/mol. The molecule has 5 N–H and O–H groups in total. The monoisotopic (exact) mass is 985 g/mol. The van der Waals surface area contributed by atoms with Crippen LogP contribution in [0.1, 0.15) is 56.1 Å². The van der Waals surface area contributed by atoms with Crippen LogP contribution in [-0.4, -0.2) is 130 Å². The number of carbonyl (C=O) groups is 4. The van der Waals surface area contributed by atoms with Crippen LogP contribution in [0.5, 0.6) is 5.75 Å². The summed E-state index contributed by atoms with van der Waals surface area (Å²) in [6, 6.07) is 9.30. The van der Waals surface area contributed by atoms with E-state index in [1.54, 1.807) is 13.3 Å². The Morgan fingerprint density at radius 3 is 2.48 bits per heavy atom. The minimum absolute atomic E-state index is 0.107. The van der Waals surface area contributed by atoms with E-state index in [1.807, 2.05) is 24.3 Å². The van der Waals surface area contributed by atoms with E-state index in [1.165, 1.54) is 10.6 Å². The van der Waals surface area contributed by atoms with Gasteiger partial charge in [0.1, 0.15) is 17.6 Å². The molecule has 9 rings (SSSR count). The standard InChI is InChI=1S/C46H56BrN11O7S/c1-27-21-36(52-46-50-25-34(47)42(54-46)51-35-6-4-5-29-12-20-57(41(29)35)66(3,63)64)39(65-2)23-38(27)55-18-13-30(14-19-55)49-16-15-48-24-28-11-17-56(26-28)31-7-8-32-33(22-31)45(62)58(44(32)61)37-9-10-40(59)53-43(37)60/h4-6,21-23,25,28,30,37,48-49H,7-20,24,26H2,1-3H3,(H,53,59,60)(H2,50,51,52,54)/t28-,37?/m1/s1. The van der Waals surface area contributed by atoms with Crippen molar-refractivity contribution in [3.05, 3.63) is 75.0 Å². The SMILES string of the molecule is COc1cc(N2CCC(NCCNC[C@H]3CCN(C4=CC5=C(CC4)C(=O)N(C4CCC(=O)NC4=O)C5=O)C3)CC2)c(C)cc1Nc1ncc(Br)c(Nc2cccc3c2N(S(C)(=O)=O)CC3)n1. The van der Waals surface area contributed by atoms with Gasteiger partial charge in [0, 0.05) is 87.5 Å². The number of methoxy groups -OCH3 is 1. The zero-order chi connectivity index (χ0) is 46.3. The van der Waals surface area contributed by atoms with Crippen molar-refractivity contribution in [2.75, 3.05) is 85.6 Å². The van der Waals surface area contributed by atoms with Crippen LogP contribution in [0, 0.1) is 12.8 Å². The molecular formula is C46H56BrN11O7S. The molecule has 6 aliphatic rings. The highest BCUT2D eigenvalue weighted by atomic mass is 79.9. The van der Waals surface area contributed by atoms with Gasteiger partial charge in [0.15, 0.2) is 0 Å². The Balaban J connectivity index is 0.723. The van der Waals surface area contributed by atoms with E-state index in [0.29, 0.717) is 82.3 Å². The van der Waals surface area contributed by atoms with Crippen molar-refractivity contribution in [1.29, 1.82) is 0 Å². The van der Waals surface area contributed by atoms with Crippen molar-refractivity contribution in [1.82, 2.24) is 35.7 Å². The molecule has 0 bridgehead atoms. The first kappa shape index (κ1) is 45.6. The molecule has 3 aromatic rings. The normalized spacial score (nSPS) is 21.4. The Kier molecular flexibility index (Phi) is 13.1. The zero-order valence-electron chi connectivity index (χ0n) is 37.4. The summed E-state index contributed by atoms with van der Waals surface area (Å²) in [7, 11) is -1.80. The Bertz CT molecular complexity index is 2630. The molecule has 18 nitrogen and oxygen atoms in total. The summed E-state index contributed by atoms with van der Waals surface area (Å²) in [6.45, 7) is 8.73. The highest BCUT2D eigenvalue weighted by Crippen LogP contribution is 2.41. The predicted molar refractivity (Wildman–Crippen MR) is 255 cm³/mol. The molecule has 2 atom stereocenters. The minimum Gasteiger partial charge on any atom is -0.494 e. The second kappa shape index (κ2) is 19.0. The molecular weight excluding hydrogens is 931 g/mol. The summed E-state index contributed by atoms with van der Waals surface area (Å²) in [5.41, 5.74) is 7.10. The van der Waals surface area contributed by atoms with Gasteiger partial charge in [-0.2, -0.15) is 4.98 Å². The number of halogens is 1. The van der Waals surface area contributed by atoms with Gasteiger partial charge in [-0.1, -0.05) is 12.1 Å². The lowest BCUT2D eigenvalue weighted by Crippen LogP contribution is -2.54. The van der Waals surface area contributed by atoms with Gasteiger partial charge in [-0.05, 0) is 110 Å². The summed E-state index contributed by atoms with van der Waals surface area (Å²) >= 11 is 3.56. The van der Waals surface area contributed by atoms with Crippen molar-refractivity contribution in [3.63, 3.8) is 0 Å². The van der Waals surface area contributed by atoms with Crippen LogP contribution >= 0.6 is 15.9 Å². The molecule has 66 heavy (non-hydrogen) atoms. The number of anilines is 6. The minimum atomic E-state index is -3.45. The number of likely N-dealkylation sites (tertiary alicyclic amines) is 1. The summed E-state index contributed by atoms with van der Waals surface area (Å²) in [5, 5.41) is 16.3. The molecule has 0 saturated carbocycles. The second-order valence-corrected chi connectivity index (χ2v) is 20.6. The van der Waals surface area contributed by atoms with E-state index in [9.17, 15) is 27.6 Å². The lowest BCUT2D eigenvalue weighted by atomic mass is 9.96. The number of para-hydroxylation sites is 1. The lowest BCUT2D eigenvalue weighted by molar-refractivity contribution is -0.150. The third-order valence-electron chi connectivity index (χ3n) is 13.5. The van der Waals surface area contributed by atoms with Gasteiger partial charge >= 0.3 is 0 Å². The first-order valence-electron chi connectivity index (χ1n) is 22.7. The predicted octanol–water partition coefficient (Wildman–Crippen LogP) is 3.98. The number of fused-ring (bicyclic) bond motifs is 1. The fourth-order valence-electron chi connectivity index (χ4n) is 10.1. The fourth-order valence-corrected chi connectivity index (χ4v) is 11.4. The zero-order valence-corrected chi connectivity index (χ0v) is 39.8. The smallest absolute Gasteiger partial charge is 0.262 e. The molecule has 20 heteroatoms. The van der Waals surface area contributed by atoms with Crippen molar-refractivity contribution >= 4 is 84.1 Å². The van der Waals surface area contributed by atoms with Crippen LogP contribution in [0.3, 0.4) is 0 Å². The van der Waals surface area contributed by atoms with Crippen molar-refractivity contribution in [3.8, 4) is 5.75 Å². The van der Waals surface area contributed by atoms with E-state index >= 15 is 0 Å². The molecule has 2 aromatic carbocycles. The summed E-state index contributed by atoms with van der Waals surface area (Å²) < 4.78 is 33.0. The molecule has 0 spiro atoms. The molecule has 350 valence electrons. The van der Waals surface area contributed by atoms with Gasteiger partial charge in [0.25, 0.3) is 11.8 Å². The maximum Gasteiger partial charge on any atom is 0.262 e. The Morgan fingerprint density at radius 1 is 0.909 bits per heavy atom. The van der Waals surface area contributed by atoms with E-state index in [2.05, 4.69) is 76.4 Å². The number of aromatic nitrogens is 2. The average Bonchev–Trinajstić information content (AvgIpc) is 4.02. The van der Waals surface area contributed by atoms with E-state index in [-0.39, 0.29) is 18.7 Å². The number of ether oxygens (including phenoxy) is 1. The number of rotatable bonds is 15. The van der Waals surface area contributed by atoms with E-state index < -0.39 is 33.8 Å². The number of carbonyl (C=O) groups excluding carboxylic acids is 4. The number of amides is 4. The molecule has 0 radical (unpaired) electrons. The highest BCUT2D eigenvalue weighted by molar-refractivity contribution is 9.10. The quantitative estimate of drug-likeness (QED) is 0.108. The number of piperidine rings is 2. The number of aryl methyl sites for hydroxylation is 1. The summed E-state index contributed by atoms with van der Waals surface area (Å²) in [6.07, 6.45) is 9.85. The van der Waals surface area contributed by atoms with Crippen molar-refractivity contribution in [2.24, 2.45) is 5.92 Å². The number of hydrogen-bond donors (Lipinski definition) is 5. The van der Waals surface area contributed by atoms with Gasteiger partial charge < -0.3 is 35.8 Å². The molecule has 3 saturated heterocycles. The van der Waals surface area contributed by atoms with Crippen LogP contribution in [0.15, 0.2) is 63.9 Å². The maximum atomic E-state index is 13.4. The van der Waals surface area contributed by atoms with Crippen LogP contribution in [-0.2, 0) is 35.6 Å². The number of hydrogen-bond acceptors (Lipinski definition) is 15. The molecule has 1 aliphatic carbocycles. The Hall–Kier alpha value is -5.57. The number of allylic oxidation sites excluding steroid dienone is 1. The van der Waals surface area contributed by atoms with Gasteiger partial charge in [0.2, 0.25) is 27.8 Å². The lowest BCUT2D eigenvalue weighted by Gasteiger charge is -2.35. The second-order valence-electron chi connectivity index (χ2n) is 17.9. The molecule has 5 aliphatic heterocycles. The topological polar surface area (TPSA) is 211 Å². The third-order valence-corrected chi connectivity index (χ3v) is 15.3. The molecule has 3 fully saturated rings. The molecule has 4 amide bonds. The summed E-state index contributed by atoms with van der Waals surface area (Å²) in [4.78, 5) is 65.7. The van der Waals surface area contributed by atoms with E-state index in [0.717, 1.165) is 98.2 Å².